The number of aliphatic hydroxyl groups is 3. The van der Waals surface area contributed by atoms with Crippen LogP contribution in [0.15, 0.2) is 57.8 Å². The predicted octanol–water partition coefficient (Wildman–Crippen LogP) is 0.842. The van der Waals surface area contributed by atoms with Crippen LogP contribution < -0.4 is 10.2 Å². The summed E-state index contributed by atoms with van der Waals surface area (Å²) in [6.45, 7) is -0.666. The second kappa shape index (κ2) is 12.4. The highest BCUT2D eigenvalue weighted by atomic mass is 16.7. The van der Waals surface area contributed by atoms with Crippen molar-refractivity contribution < 1.29 is 74.5 Å². The maximum atomic E-state index is 12.9. The molecule has 0 saturated carbocycles. The standard InChI is InChI=1S/C30H26O16/c31-13-4-1-11(7-15(13)33)2-6-20(35)43-10-19-23(37)26(40)28(42)30(46-19)45-18-9-17-21(24(38)22(18)36)25(39)27(41)29(44-17)12-3-5-14(32)16(34)8-12/h1-9,19,23,26,28,30-34,36-38,40-42H,10H2/b6-2+/t19-,23-,26+,28-,30-/m1/s1. The van der Waals surface area contributed by atoms with Gasteiger partial charge in [0.15, 0.2) is 40.3 Å². The third kappa shape index (κ3) is 6.00. The number of hydrogen-bond donors (Lipinski definition) is 10. The first-order valence-corrected chi connectivity index (χ1v) is 13.3. The lowest BCUT2D eigenvalue weighted by Gasteiger charge is -2.39. The average molecular weight is 643 g/mol. The van der Waals surface area contributed by atoms with Crippen LogP contribution in [0.1, 0.15) is 5.56 Å². The number of ether oxygens (including phenoxy) is 3. The number of phenolic OH excluding ortho intramolecular Hbond substituents is 6. The number of phenols is 6. The molecule has 16 heteroatoms. The van der Waals surface area contributed by atoms with Gasteiger partial charge in [-0.15, -0.1) is 0 Å². The topological polar surface area (TPSA) is 277 Å². The van der Waals surface area contributed by atoms with E-state index in [0.29, 0.717) is 5.56 Å². The zero-order chi connectivity index (χ0) is 33.4. The molecule has 5 atom stereocenters. The van der Waals surface area contributed by atoms with Gasteiger partial charge in [-0.1, -0.05) is 6.07 Å². The van der Waals surface area contributed by atoms with Gasteiger partial charge in [0.05, 0.1) is 0 Å². The molecule has 242 valence electrons. The van der Waals surface area contributed by atoms with E-state index in [2.05, 4.69) is 0 Å². The molecule has 4 aromatic rings. The Morgan fingerprint density at radius 3 is 2.13 bits per heavy atom. The third-order valence-corrected chi connectivity index (χ3v) is 7.02. The summed E-state index contributed by atoms with van der Waals surface area (Å²) < 4.78 is 21.5. The monoisotopic (exact) mass is 642 g/mol. The molecule has 46 heavy (non-hydrogen) atoms. The molecule has 10 N–H and O–H groups in total. The number of carbonyl (C=O) groups is 1. The molecule has 1 aromatic heterocycles. The largest absolute Gasteiger partial charge is 0.504 e. The van der Waals surface area contributed by atoms with Gasteiger partial charge in [-0.05, 0) is 42.0 Å². The lowest BCUT2D eigenvalue weighted by Crippen LogP contribution is -2.60. The van der Waals surface area contributed by atoms with Crippen LogP contribution in [0, 0.1) is 0 Å². The number of fused-ring (bicyclic) bond motifs is 1. The molecule has 0 bridgehead atoms. The summed E-state index contributed by atoms with van der Waals surface area (Å²) in [5, 5.41) is 101. The van der Waals surface area contributed by atoms with Crippen LogP contribution in [0.4, 0.5) is 0 Å². The van der Waals surface area contributed by atoms with Crippen molar-refractivity contribution in [1.82, 2.24) is 0 Å². The van der Waals surface area contributed by atoms with E-state index in [1.165, 1.54) is 30.3 Å². The summed E-state index contributed by atoms with van der Waals surface area (Å²) in [5.74, 6) is -7.11. The van der Waals surface area contributed by atoms with Gasteiger partial charge in [-0.2, -0.15) is 0 Å². The fourth-order valence-corrected chi connectivity index (χ4v) is 4.54. The zero-order valence-electron chi connectivity index (χ0n) is 23.2. The van der Waals surface area contributed by atoms with Crippen molar-refractivity contribution in [3.05, 3.63) is 64.3 Å². The number of hydrogen-bond acceptors (Lipinski definition) is 16. The molecule has 0 amide bonds. The molecule has 5 rings (SSSR count). The first-order chi connectivity index (χ1) is 21.8. The number of rotatable bonds is 7. The molecular formula is C30H26O16. The van der Waals surface area contributed by atoms with Crippen LogP contribution in [-0.2, 0) is 14.3 Å². The molecule has 0 aliphatic carbocycles. The van der Waals surface area contributed by atoms with Gasteiger partial charge in [0.25, 0.3) is 0 Å². The average Bonchev–Trinajstić information content (AvgIpc) is 3.02. The second-order valence-electron chi connectivity index (χ2n) is 10.1. The first kappa shape index (κ1) is 31.7. The third-order valence-electron chi connectivity index (χ3n) is 7.02. The maximum absolute atomic E-state index is 12.9. The van der Waals surface area contributed by atoms with Crippen molar-refractivity contribution in [1.29, 1.82) is 0 Å². The molecule has 0 radical (unpaired) electrons. The number of benzene rings is 3. The van der Waals surface area contributed by atoms with Gasteiger partial charge in [0.2, 0.25) is 23.2 Å². The highest BCUT2D eigenvalue weighted by molar-refractivity contribution is 5.91. The summed E-state index contributed by atoms with van der Waals surface area (Å²) in [6.07, 6.45) is -6.79. The smallest absolute Gasteiger partial charge is 0.330 e. The summed E-state index contributed by atoms with van der Waals surface area (Å²) in [7, 11) is 0. The Labute approximate surface area is 256 Å². The Bertz CT molecular complexity index is 1900. The van der Waals surface area contributed by atoms with Gasteiger partial charge in [-0.25, -0.2) is 4.79 Å². The highest BCUT2D eigenvalue weighted by Crippen LogP contribution is 2.44. The van der Waals surface area contributed by atoms with E-state index >= 15 is 0 Å². The van der Waals surface area contributed by atoms with Gasteiger partial charge >= 0.3 is 5.97 Å². The fourth-order valence-electron chi connectivity index (χ4n) is 4.54. The molecule has 16 nitrogen and oxygen atoms in total. The summed E-state index contributed by atoms with van der Waals surface area (Å²) in [5.41, 5.74) is -1.36. The van der Waals surface area contributed by atoms with Crippen molar-refractivity contribution in [2.24, 2.45) is 0 Å². The minimum absolute atomic E-state index is 0.0570. The minimum atomic E-state index is -1.95. The normalized spacial score (nSPS) is 21.4. The van der Waals surface area contributed by atoms with Gasteiger partial charge in [-0.3, -0.25) is 4.79 Å². The lowest BCUT2D eigenvalue weighted by atomic mass is 9.99. The summed E-state index contributed by atoms with van der Waals surface area (Å²) in [4.78, 5) is 25.1. The van der Waals surface area contributed by atoms with Crippen LogP contribution in [0.2, 0.25) is 0 Å². The Hall–Kier alpha value is -5.68. The Morgan fingerprint density at radius 1 is 0.783 bits per heavy atom. The Kier molecular flexibility index (Phi) is 8.53. The first-order valence-electron chi connectivity index (χ1n) is 13.3. The lowest BCUT2D eigenvalue weighted by molar-refractivity contribution is -0.278. The van der Waals surface area contributed by atoms with E-state index in [4.69, 9.17) is 18.6 Å². The predicted molar refractivity (Wildman–Crippen MR) is 153 cm³/mol. The van der Waals surface area contributed by atoms with Gasteiger partial charge in [0.1, 0.15) is 42.0 Å². The van der Waals surface area contributed by atoms with E-state index in [0.717, 1.165) is 24.3 Å². The zero-order valence-corrected chi connectivity index (χ0v) is 23.2. The number of carbonyl (C=O) groups excluding carboxylic acids is 1. The van der Waals surface area contributed by atoms with Gasteiger partial charge in [0, 0.05) is 17.7 Å². The molecule has 0 spiro atoms. The number of aliphatic hydroxyl groups excluding tert-OH is 3. The Balaban J connectivity index is 1.38. The molecular weight excluding hydrogens is 616 g/mol. The second-order valence-corrected chi connectivity index (χ2v) is 10.1. The maximum Gasteiger partial charge on any atom is 0.330 e. The quantitative estimate of drug-likeness (QED) is 0.0759. The van der Waals surface area contributed by atoms with E-state index < -0.39 is 106 Å². The minimum Gasteiger partial charge on any atom is -0.504 e. The van der Waals surface area contributed by atoms with E-state index in [1.807, 2.05) is 0 Å². The SMILES string of the molecule is O=C(/C=C/c1ccc(O)c(O)c1)OC[C@H]1O[C@@H](Oc2cc3oc(-c4ccc(O)c(O)c4)c(O)c(=O)c3c(O)c2O)[C@H](O)[C@@H](O)[C@@H]1O. The summed E-state index contributed by atoms with van der Waals surface area (Å²) in [6, 6.07) is 7.92. The molecule has 1 fully saturated rings. The number of esters is 1. The van der Waals surface area contributed by atoms with E-state index in [-0.39, 0.29) is 11.3 Å². The van der Waals surface area contributed by atoms with E-state index in [9.17, 15) is 60.7 Å². The molecule has 1 aliphatic heterocycles. The molecule has 1 aliphatic rings. The van der Waals surface area contributed by atoms with Crippen LogP contribution in [-0.4, -0.2) is 94.3 Å². The van der Waals surface area contributed by atoms with Crippen LogP contribution >= 0.6 is 0 Å². The molecule has 1 saturated heterocycles. The highest BCUT2D eigenvalue weighted by Gasteiger charge is 2.46. The van der Waals surface area contributed by atoms with Crippen molar-refractivity contribution in [2.75, 3.05) is 6.61 Å². The van der Waals surface area contributed by atoms with Crippen molar-refractivity contribution >= 4 is 23.0 Å². The molecule has 0 unspecified atom stereocenters. The van der Waals surface area contributed by atoms with Crippen molar-refractivity contribution in [2.45, 2.75) is 30.7 Å². The van der Waals surface area contributed by atoms with Gasteiger partial charge < -0.3 is 69.7 Å². The number of aromatic hydroxyl groups is 7. The molecule has 3 aromatic carbocycles. The molecule has 2 heterocycles. The summed E-state index contributed by atoms with van der Waals surface area (Å²) >= 11 is 0. The fraction of sp³-hybridized carbons (Fsp3) is 0.200. The Morgan fingerprint density at radius 2 is 1.46 bits per heavy atom. The van der Waals surface area contributed by atoms with Crippen LogP contribution in [0.5, 0.6) is 46.0 Å². The van der Waals surface area contributed by atoms with Crippen molar-refractivity contribution in [3.63, 3.8) is 0 Å². The van der Waals surface area contributed by atoms with Crippen molar-refractivity contribution in [3.8, 4) is 57.3 Å². The van der Waals surface area contributed by atoms with E-state index in [1.54, 1.807) is 0 Å². The van der Waals surface area contributed by atoms with Crippen LogP contribution in [0.3, 0.4) is 0 Å². The van der Waals surface area contributed by atoms with Crippen LogP contribution in [0.25, 0.3) is 28.4 Å².